The lowest BCUT2D eigenvalue weighted by atomic mass is 9.92. The van der Waals surface area contributed by atoms with Gasteiger partial charge in [-0.2, -0.15) is 5.10 Å². The molecule has 0 spiro atoms. The summed E-state index contributed by atoms with van der Waals surface area (Å²) >= 11 is 5.70. The maximum atomic E-state index is 12.0. The van der Waals surface area contributed by atoms with Crippen molar-refractivity contribution in [3.05, 3.63) is 23.0 Å². The van der Waals surface area contributed by atoms with Gasteiger partial charge in [0.1, 0.15) is 5.60 Å². The standard InChI is InChI=1S/C18H28ClN3O3/c1-18(2,3)25-17(23)22-10-8-14(9-11-22)5-4-12-24-13-15-6-7-16(19)21-20-15/h6-7,14H,4-5,8-13H2,1-3H3. The lowest BCUT2D eigenvalue weighted by Gasteiger charge is -2.33. The minimum absolute atomic E-state index is 0.196. The Labute approximate surface area is 154 Å². The molecule has 0 radical (unpaired) electrons. The molecule has 1 aromatic rings. The summed E-state index contributed by atoms with van der Waals surface area (Å²) in [5.41, 5.74) is 0.356. The van der Waals surface area contributed by atoms with Gasteiger partial charge in [-0.25, -0.2) is 4.79 Å². The van der Waals surface area contributed by atoms with E-state index in [0.717, 1.165) is 44.5 Å². The topological polar surface area (TPSA) is 64.5 Å². The van der Waals surface area contributed by atoms with Gasteiger partial charge in [-0.1, -0.05) is 11.6 Å². The van der Waals surface area contributed by atoms with Gasteiger partial charge in [-0.15, -0.1) is 5.10 Å². The van der Waals surface area contributed by atoms with Gasteiger partial charge < -0.3 is 14.4 Å². The Bertz CT molecular complexity index is 537. The Morgan fingerprint density at radius 3 is 2.60 bits per heavy atom. The summed E-state index contributed by atoms with van der Waals surface area (Å²) in [5, 5.41) is 8.14. The van der Waals surface area contributed by atoms with Crippen molar-refractivity contribution in [2.24, 2.45) is 5.92 Å². The smallest absolute Gasteiger partial charge is 0.410 e. The molecule has 1 saturated heterocycles. The van der Waals surface area contributed by atoms with Crippen molar-refractivity contribution in [2.75, 3.05) is 19.7 Å². The Kier molecular flexibility index (Phi) is 7.44. The number of carbonyl (C=O) groups excluding carboxylic acids is 1. The molecule has 0 aliphatic carbocycles. The van der Waals surface area contributed by atoms with Crippen LogP contribution in [-0.4, -0.2) is 46.5 Å². The summed E-state index contributed by atoms with van der Waals surface area (Å²) in [4.78, 5) is 13.9. The van der Waals surface area contributed by atoms with Gasteiger partial charge in [-0.3, -0.25) is 0 Å². The maximum Gasteiger partial charge on any atom is 0.410 e. The fourth-order valence-electron chi connectivity index (χ4n) is 2.80. The second-order valence-electron chi connectivity index (χ2n) is 7.45. The normalized spacial score (nSPS) is 16.1. The van der Waals surface area contributed by atoms with Gasteiger partial charge in [0.15, 0.2) is 5.15 Å². The lowest BCUT2D eigenvalue weighted by molar-refractivity contribution is 0.0176. The second kappa shape index (κ2) is 9.34. The first-order chi connectivity index (χ1) is 11.8. The summed E-state index contributed by atoms with van der Waals surface area (Å²) in [6.45, 7) is 8.41. The SMILES string of the molecule is CC(C)(C)OC(=O)N1CCC(CCCOCc2ccc(Cl)nn2)CC1. The molecule has 2 rings (SSSR count). The van der Waals surface area contributed by atoms with Crippen molar-refractivity contribution in [2.45, 2.75) is 58.7 Å². The average molecular weight is 370 g/mol. The Hall–Kier alpha value is -1.40. The van der Waals surface area contributed by atoms with Crippen LogP contribution < -0.4 is 0 Å². The van der Waals surface area contributed by atoms with E-state index in [9.17, 15) is 4.79 Å². The fraction of sp³-hybridized carbons (Fsp3) is 0.722. The van der Waals surface area contributed by atoms with Crippen LogP contribution in [0.5, 0.6) is 0 Å². The second-order valence-corrected chi connectivity index (χ2v) is 7.84. The highest BCUT2D eigenvalue weighted by Gasteiger charge is 2.26. The number of amides is 1. The first kappa shape index (κ1) is 19.9. The number of rotatable bonds is 6. The number of hydrogen-bond acceptors (Lipinski definition) is 5. The van der Waals surface area contributed by atoms with E-state index in [2.05, 4.69) is 10.2 Å². The molecule has 1 fully saturated rings. The van der Waals surface area contributed by atoms with Crippen molar-refractivity contribution in [3.8, 4) is 0 Å². The zero-order valence-electron chi connectivity index (χ0n) is 15.3. The highest BCUT2D eigenvalue weighted by atomic mass is 35.5. The van der Waals surface area contributed by atoms with Crippen LogP contribution in [0.3, 0.4) is 0 Å². The molecule has 1 aliphatic heterocycles. The van der Waals surface area contributed by atoms with E-state index >= 15 is 0 Å². The van der Waals surface area contributed by atoms with Crippen LogP contribution in [0.1, 0.15) is 52.1 Å². The molecule has 0 unspecified atom stereocenters. The number of nitrogens with zero attached hydrogens (tertiary/aromatic N) is 3. The summed E-state index contributed by atoms with van der Waals surface area (Å²) in [5.74, 6) is 0.651. The van der Waals surface area contributed by atoms with Gasteiger partial charge >= 0.3 is 6.09 Å². The number of ether oxygens (including phenoxy) is 2. The third-order valence-corrected chi connectivity index (χ3v) is 4.31. The van der Waals surface area contributed by atoms with Crippen LogP contribution in [0.4, 0.5) is 4.79 Å². The third kappa shape index (κ3) is 7.57. The zero-order chi connectivity index (χ0) is 18.3. The highest BCUT2D eigenvalue weighted by molar-refractivity contribution is 6.29. The van der Waals surface area contributed by atoms with Gasteiger partial charge in [0.05, 0.1) is 12.3 Å². The summed E-state index contributed by atoms with van der Waals surface area (Å²) in [6, 6.07) is 3.54. The number of hydrogen-bond donors (Lipinski definition) is 0. The zero-order valence-corrected chi connectivity index (χ0v) is 16.1. The third-order valence-electron chi connectivity index (χ3n) is 4.10. The monoisotopic (exact) mass is 369 g/mol. The van der Waals surface area contributed by atoms with Crippen molar-refractivity contribution < 1.29 is 14.3 Å². The quantitative estimate of drug-likeness (QED) is 0.707. The average Bonchev–Trinajstić information content (AvgIpc) is 2.55. The predicted molar refractivity (Wildman–Crippen MR) is 96.5 cm³/mol. The van der Waals surface area contributed by atoms with Crippen molar-refractivity contribution in [3.63, 3.8) is 0 Å². The number of aromatic nitrogens is 2. The van der Waals surface area contributed by atoms with Crippen molar-refractivity contribution in [1.29, 1.82) is 0 Å². The van der Waals surface area contributed by atoms with E-state index < -0.39 is 5.60 Å². The van der Waals surface area contributed by atoms with Gasteiger partial charge in [0.2, 0.25) is 0 Å². The van der Waals surface area contributed by atoms with E-state index in [1.807, 2.05) is 31.7 Å². The van der Waals surface area contributed by atoms with Gasteiger partial charge in [0.25, 0.3) is 0 Å². The largest absolute Gasteiger partial charge is 0.444 e. The molecule has 1 aliphatic rings. The molecule has 6 nitrogen and oxygen atoms in total. The molecular weight excluding hydrogens is 342 g/mol. The minimum atomic E-state index is -0.431. The molecule has 1 aromatic heterocycles. The first-order valence-corrected chi connectivity index (χ1v) is 9.25. The van der Waals surface area contributed by atoms with Crippen LogP contribution in [0, 0.1) is 5.92 Å². The number of carbonyl (C=O) groups is 1. The highest BCUT2D eigenvalue weighted by Crippen LogP contribution is 2.23. The Morgan fingerprint density at radius 1 is 1.28 bits per heavy atom. The molecule has 7 heteroatoms. The van der Waals surface area contributed by atoms with Crippen LogP contribution in [0.2, 0.25) is 5.15 Å². The summed E-state index contributed by atoms with van der Waals surface area (Å²) in [7, 11) is 0. The van der Waals surface area contributed by atoms with Crippen molar-refractivity contribution in [1.82, 2.24) is 15.1 Å². The Morgan fingerprint density at radius 2 is 2.00 bits per heavy atom. The molecule has 0 saturated carbocycles. The first-order valence-electron chi connectivity index (χ1n) is 8.87. The number of likely N-dealkylation sites (tertiary alicyclic amines) is 1. The van der Waals surface area contributed by atoms with Crippen LogP contribution in [0.15, 0.2) is 12.1 Å². The molecule has 1 amide bonds. The molecule has 0 N–H and O–H groups in total. The van der Waals surface area contributed by atoms with Crippen molar-refractivity contribution >= 4 is 17.7 Å². The molecule has 140 valence electrons. The molecule has 0 atom stereocenters. The molecule has 2 heterocycles. The number of piperidine rings is 1. The minimum Gasteiger partial charge on any atom is -0.444 e. The van der Waals surface area contributed by atoms with Gasteiger partial charge in [0, 0.05) is 19.7 Å². The van der Waals surface area contributed by atoms with E-state index in [1.165, 1.54) is 0 Å². The molecule has 0 aromatic carbocycles. The lowest BCUT2D eigenvalue weighted by Crippen LogP contribution is -2.41. The maximum absolute atomic E-state index is 12.0. The van der Waals surface area contributed by atoms with Crippen LogP contribution in [0.25, 0.3) is 0 Å². The van der Waals surface area contributed by atoms with E-state index in [4.69, 9.17) is 21.1 Å². The van der Waals surface area contributed by atoms with Gasteiger partial charge in [-0.05, 0) is 64.5 Å². The predicted octanol–water partition coefficient (Wildman–Crippen LogP) is 4.07. The number of halogens is 1. The summed E-state index contributed by atoms with van der Waals surface area (Å²) in [6.07, 6.45) is 3.99. The van der Waals surface area contributed by atoms with E-state index in [-0.39, 0.29) is 6.09 Å². The molecule has 25 heavy (non-hydrogen) atoms. The molecule has 0 bridgehead atoms. The van der Waals surface area contributed by atoms with E-state index in [0.29, 0.717) is 24.3 Å². The van der Waals surface area contributed by atoms with E-state index in [1.54, 1.807) is 6.07 Å². The van der Waals surface area contributed by atoms with Crippen LogP contribution >= 0.6 is 11.6 Å². The summed E-state index contributed by atoms with van der Waals surface area (Å²) < 4.78 is 11.1. The molecular formula is C18H28ClN3O3. The fourth-order valence-corrected chi connectivity index (χ4v) is 2.90. The Balaban J connectivity index is 1.56. The van der Waals surface area contributed by atoms with Crippen LogP contribution in [-0.2, 0) is 16.1 Å².